The third kappa shape index (κ3) is 5.32. The summed E-state index contributed by atoms with van der Waals surface area (Å²) in [5, 5.41) is 13.4. The Bertz CT molecular complexity index is 651. The molecule has 0 spiro atoms. The quantitative estimate of drug-likeness (QED) is 0.377. The Morgan fingerprint density at radius 3 is 2.64 bits per heavy atom. The van der Waals surface area contributed by atoms with E-state index in [9.17, 15) is 14.9 Å². The number of ether oxygens (including phenoxy) is 1. The van der Waals surface area contributed by atoms with Crippen LogP contribution in [0.3, 0.4) is 0 Å². The third-order valence-corrected chi connectivity index (χ3v) is 2.44. The molecule has 0 radical (unpaired) electrons. The number of aryl methyl sites for hydroxylation is 1. The smallest absolute Gasteiger partial charge is 0.408 e. The van der Waals surface area contributed by atoms with Gasteiger partial charge < -0.3 is 15.8 Å². The average Bonchev–Trinajstić information content (AvgIpc) is 2.35. The minimum Gasteiger partial charge on any atom is -0.444 e. The summed E-state index contributed by atoms with van der Waals surface area (Å²) in [7, 11) is 0. The average molecular weight is 305 g/mol. The first-order chi connectivity index (χ1) is 10.1. The first kappa shape index (κ1) is 17.3. The van der Waals surface area contributed by atoms with E-state index in [0.717, 1.165) is 0 Å². The van der Waals surface area contributed by atoms with Crippen LogP contribution in [0.25, 0.3) is 0 Å². The highest BCUT2D eigenvalue weighted by Gasteiger charge is 2.16. The fraction of sp³-hybridized carbons (Fsp3) is 0.400. The van der Waals surface area contributed by atoms with Crippen LogP contribution in [0.1, 0.15) is 31.9 Å². The minimum atomic E-state index is -0.584. The van der Waals surface area contributed by atoms with Crippen molar-refractivity contribution in [2.24, 2.45) is 0 Å². The normalized spacial score (nSPS) is 10.4. The molecule has 1 aromatic carbocycles. The molecule has 7 heteroatoms. The molecule has 0 bridgehead atoms. The van der Waals surface area contributed by atoms with E-state index in [1.807, 2.05) is 0 Å². The lowest BCUT2D eigenvalue weighted by molar-refractivity contribution is -0.384. The number of nitro groups is 1. The van der Waals surface area contributed by atoms with E-state index in [4.69, 9.17) is 10.5 Å². The van der Waals surface area contributed by atoms with Crippen molar-refractivity contribution < 1.29 is 14.5 Å². The molecule has 1 aromatic rings. The molecule has 0 aromatic heterocycles. The van der Waals surface area contributed by atoms with Crippen LogP contribution in [0.15, 0.2) is 12.1 Å². The molecule has 7 nitrogen and oxygen atoms in total. The molecule has 3 N–H and O–H groups in total. The zero-order valence-electron chi connectivity index (χ0n) is 13.0. The lowest BCUT2D eigenvalue weighted by Crippen LogP contribution is -2.32. The Labute approximate surface area is 129 Å². The van der Waals surface area contributed by atoms with Gasteiger partial charge in [0.05, 0.1) is 17.0 Å². The van der Waals surface area contributed by atoms with Gasteiger partial charge in [0.2, 0.25) is 0 Å². The van der Waals surface area contributed by atoms with Crippen molar-refractivity contribution in [1.29, 1.82) is 0 Å². The number of rotatable bonds is 2. The molecule has 0 aliphatic heterocycles. The van der Waals surface area contributed by atoms with Crippen LogP contribution < -0.4 is 11.1 Å². The summed E-state index contributed by atoms with van der Waals surface area (Å²) < 4.78 is 5.05. The molecular formula is C15H19N3O4. The Kier molecular flexibility index (Phi) is 5.35. The summed E-state index contributed by atoms with van der Waals surface area (Å²) in [4.78, 5) is 21.8. The van der Waals surface area contributed by atoms with Crippen molar-refractivity contribution in [1.82, 2.24) is 5.32 Å². The Morgan fingerprint density at radius 1 is 1.45 bits per heavy atom. The molecule has 0 aliphatic rings. The molecular weight excluding hydrogens is 286 g/mol. The van der Waals surface area contributed by atoms with Crippen molar-refractivity contribution in [3.8, 4) is 11.8 Å². The summed E-state index contributed by atoms with van der Waals surface area (Å²) >= 11 is 0. The molecule has 22 heavy (non-hydrogen) atoms. The molecule has 0 fully saturated rings. The van der Waals surface area contributed by atoms with Crippen LogP contribution in [-0.4, -0.2) is 23.2 Å². The molecule has 118 valence electrons. The van der Waals surface area contributed by atoms with Crippen LogP contribution in [0.2, 0.25) is 0 Å². The first-order valence-electron chi connectivity index (χ1n) is 6.60. The van der Waals surface area contributed by atoms with Crippen LogP contribution in [0.5, 0.6) is 0 Å². The maximum Gasteiger partial charge on any atom is 0.408 e. The van der Waals surface area contributed by atoms with Crippen molar-refractivity contribution in [2.75, 3.05) is 12.3 Å². The number of nitrogens with two attached hydrogens (primary N) is 1. The zero-order chi connectivity index (χ0) is 16.9. The molecule has 0 aliphatic carbocycles. The van der Waals surface area contributed by atoms with Gasteiger partial charge in [-0.1, -0.05) is 11.8 Å². The number of alkyl carbamates (subject to hydrolysis) is 1. The highest BCUT2D eigenvalue weighted by Crippen LogP contribution is 2.26. The van der Waals surface area contributed by atoms with E-state index >= 15 is 0 Å². The van der Waals surface area contributed by atoms with E-state index in [0.29, 0.717) is 11.1 Å². The van der Waals surface area contributed by atoms with Gasteiger partial charge in [-0.3, -0.25) is 10.1 Å². The number of nitrogens with one attached hydrogen (secondary N) is 1. The number of anilines is 1. The number of benzene rings is 1. The molecule has 0 saturated heterocycles. The van der Waals surface area contributed by atoms with Gasteiger partial charge in [-0.05, 0) is 39.3 Å². The summed E-state index contributed by atoms with van der Waals surface area (Å²) in [5.41, 5.74) is 6.02. The summed E-state index contributed by atoms with van der Waals surface area (Å²) in [5.74, 6) is 5.41. The predicted molar refractivity (Wildman–Crippen MR) is 83.4 cm³/mol. The monoisotopic (exact) mass is 305 g/mol. The molecule has 0 unspecified atom stereocenters. The number of nitro benzene ring substituents is 1. The van der Waals surface area contributed by atoms with E-state index in [1.54, 1.807) is 33.8 Å². The highest BCUT2D eigenvalue weighted by atomic mass is 16.6. The number of nitrogen functional groups attached to an aromatic ring is 1. The second-order valence-corrected chi connectivity index (χ2v) is 5.66. The molecule has 0 heterocycles. The molecule has 0 atom stereocenters. The third-order valence-electron chi connectivity index (χ3n) is 2.44. The van der Waals surface area contributed by atoms with Crippen molar-refractivity contribution >= 4 is 17.5 Å². The summed E-state index contributed by atoms with van der Waals surface area (Å²) in [6.07, 6.45) is -0.579. The summed E-state index contributed by atoms with van der Waals surface area (Å²) in [6.45, 7) is 7.03. The topological polar surface area (TPSA) is 107 Å². The van der Waals surface area contributed by atoms with Crippen molar-refractivity contribution in [3.63, 3.8) is 0 Å². The van der Waals surface area contributed by atoms with E-state index in [-0.39, 0.29) is 17.9 Å². The first-order valence-corrected chi connectivity index (χ1v) is 6.60. The number of carbonyl (C=O) groups is 1. The van der Waals surface area contributed by atoms with Gasteiger partial charge in [-0.25, -0.2) is 4.79 Å². The van der Waals surface area contributed by atoms with Crippen LogP contribution >= 0.6 is 0 Å². The lowest BCUT2D eigenvalue weighted by atomic mass is 10.1. The second kappa shape index (κ2) is 6.80. The van der Waals surface area contributed by atoms with Crippen molar-refractivity contribution in [3.05, 3.63) is 33.4 Å². The zero-order valence-corrected chi connectivity index (χ0v) is 13.0. The van der Waals surface area contributed by atoms with E-state index in [2.05, 4.69) is 17.2 Å². The largest absolute Gasteiger partial charge is 0.444 e. The lowest BCUT2D eigenvalue weighted by Gasteiger charge is -2.19. The Morgan fingerprint density at radius 2 is 2.09 bits per heavy atom. The van der Waals surface area contributed by atoms with Gasteiger partial charge in [0, 0.05) is 6.07 Å². The Balaban J connectivity index is 2.77. The van der Waals surface area contributed by atoms with Gasteiger partial charge in [-0.2, -0.15) is 0 Å². The van der Waals surface area contributed by atoms with E-state index in [1.165, 1.54) is 6.07 Å². The molecule has 1 amide bonds. The molecule has 1 rings (SSSR count). The van der Waals surface area contributed by atoms with Gasteiger partial charge in [0.25, 0.3) is 5.69 Å². The number of hydrogen-bond acceptors (Lipinski definition) is 5. The van der Waals surface area contributed by atoms with Crippen LogP contribution in [0.4, 0.5) is 16.2 Å². The van der Waals surface area contributed by atoms with Crippen LogP contribution in [-0.2, 0) is 4.74 Å². The van der Waals surface area contributed by atoms with Gasteiger partial charge in [-0.15, -0.1) is 0 Å². The second-order valence-electron chi connectivity index (χ2n) is 5.66. The standard InChI is InChI=1S/C15H19N3O4/c1-10-8-11(13(16)12(9-10)18(20)21)6-5-7-17-14(19)22-15(2,3)4/h8-9H,7,16H2,1-4H3,(H,17,19). The van der Waals surface area contributed by atoms with E-state index < -0.39 is 16.6 Å². The predicted octanol–water partition coefficient (Wildman–Crippen LogP) is 2.36. The van der Waals surface area contributed by atoms with Crippen molar-refractivity contribution in [2.45, 2.75) is 33.3 Å². The number of hydrogen-bond donors (Lipinski definition) is 2. The van der Waals surface area contributed by atoms with Gasteiger partial charge in [0.1, 0.15) is 11.3 Å². The number of carbonyl (C=O) groups excluding carboxylic acids is 1. The SMILES string of the molecule is Cc1cc(C#CCNC(=O)OC(C)(C)C)c(N)c([N+](=O)[O-])c1. The fourth-order valence-electron chi connectivity index (χ4n) is 1.60. The highest BCUT2D eigenvalue weighted by molar-refractivity contribution is 5.70. The number of nitrogens with zero attached hydrogens (tertiary/aromatic N) is 1. The van der Waals surface area contributed by atoms with Gasteiger partial charge >= 0.3 is 6.09 Å². The minimum absolute atomic E-state index is 0.0142. The summed E-state index contributed by atoms with van der Waals surface area (Å²) in [6, 6.07) is 3.04. The van der Waals surface area contributed by atoms with Crippen LogP contribution in [0, 0.1) is 28.9 Å². The van der Waals surface area contributed by atoms with Gasteiger partial charge in [0.15, 0.2) is 0 Å². The maximum absolute atomic E-state index is 11.4. The Hall–Kier alpha value is -2.75. The number of amides is 1. The maximum atomic E-state index is 11.4. The fourth-order valence-corrected chi connectivity index (χ4v) is 1.60. The molecule has 0 saturated carbocycles.